The van der Waals surface area contributed by atoms with Gasteiger partial charge in [-0.25, -0.2) is 0 Å². The second-order valence-corrected chi connectivity index (χ2v) is 6.01. The molecule has 158 valence electrons. The van der Waals surface area contributed by atoms with Gasteiger partial charge in [0, 0.05) is 23.9 Å². The Bertz CT molecular complexity index is 894. The van der Waals surface area contributed by atoms with Gasteiger partial charge in [0.05, 0.1) is 6.61 Å². The van der Waals surface area contributed by atoms with E-state index in [2.05, 4.69) is 16.0 Å². The fraction of sp³-hybridized carbons (Fsp3) is 0.238. The molecule has 9 nitrogen and oxygen atoms in total. The summed E-state index contributed by atoms with van der Waals surface area (Å²) in [7, 11) is 1.52. The molecule has 0 bridgehead atoms. The number of carbonyl (C=O) groups excluding carboxylic acids is 4. The third-order valence-electron chi connectivity index (χ3n) is 3.84. The standard InChI is InChI=1S/C21H23N3O6/c1-3-29-17-10-6-15(7-11-17)21(28)23-12-19(26)30-13-18(25)24-16-8-4-14(5-9-16)20(27)22-2/h4-11H,3,12-13H2,1-2H3,(H,22,27)(H,23,28)(H,24,25). The van der Waals surface area contributed by atoms with Crippen LogP contribution in [-0.2, 0) is 14.3 Å². The van der Waals surface area contributed by atoms with Crippen LogP contribution in [0.25, 0.3) is 0 Å². The number of carbonyl (C=O) groups is 4. The Hall–Kier alpha value is -3.88. The van der Waals surface area contributed by atoms with Gasteiger partial charge in [-0.15, -0.1) is 0 Å². The molecule has 3 amide bonds. The van der Waals surface area contributed by atoms with Gasteiger partial charge >= 0.3 is 5.97 Å². The van der Waals surface area contributed by atoms with E-state index >= 15 is 0 Å². The smallest absolute Gasteiger partial charge is 0.325 e. The Labute approximate surface area is 173 Å². The molecule has 0 radical (unpaired) electrons. The van der Waals surface area contributed by atoms with Gasteiger partial charge in [0.2, 0.25) is 0 Å². The van der Waals surface area contributed by atoms with Crippen molar-refractivity contribution in [3.05, 3.63) is 59.7 Å². The molecule has 0 spiro atoms. The van der Waals surface area contributed by atoms with Crippen LogP contribution in [0.5, 0.6) is 5.75 Å². The average molecular weight is 413 g/mol. The van der Waals surface area contributed by atoms with Crippen molar-refractivity contribution in [2.24, 2.45) is 0 Å². The SMILES string of the molecule is CCOc1ccc(C(=O)NCC(=O)OCC(=O)Nc2ccc(C(=O)NC)cc2)cc1. The van der Waals surface area contributed by atoms with Gasteiger partial charge in [-0.1, -0.05) is 0 Å². The van der Waals surface area contributed by atoms with Crippen LogP contribution in [0.2, 0.25) is 0 Å². The van der Waals surface area contributed by atoms with Gasteiger partial charge in [-0.3, -0.25) is 19.2 Å². The second-order valence-electron chi connectivity index (χ2n) is 6.01. The minimum atomic E-state index is -0.751. The molecule has 30 heavy (non-hydrogen) atoms. The van der Waals surface area contributed by atoms with Gasteiger partial charge in [0.25, 0.3) is 17.7 Å². The highest BCUT2D eigenvalue weighted by Gasteiger charge is 2.11. The number of benzene rings is 2. The number of anilines is 1. The summed E-state index contributed by atoms with van der Waals surface area (Å²) in [4.78, 5) is 47.1. The lowest BCUT2D eigenvalue weighted by atomic mass is 10.2. The Kier molecular flexibility index (Phi) is 8.37. The van der Waals surface area contributed by atoms with Gasteiger partial charge in [-0.05, 0) is 55.5 Å². The molecule has 0 atom stereocenters. The number of rotatable bonds is 9. The lowest BCUT2D eigenvalue weighted by Crippen LogP contribution is -2.32. The topological polar surface area (TPSA) is 123 Å². The zero-order valence-corrected chi connectivity index (χ0v) is 16.7. The number of esters is 1. The fourth-order valence-corrected chi connectivity index (χ4v) is 2.37. The van der Waals surface area contributed by atoms with E-state index in [1.54, 1.807) is 48.5 Å². The largest absolute Gasteiger partial charge is 0.494 e. The summed E-state index contributed by atoms with van der Waals surface area (Å²) >= 11 is 0. The Balaban J connectivity index is 1.72. The van der Waals surface area contributed by atoms with E-state index in [0.717, 1.165) is 0 Å². The van der Waals surface area contributed by atoms with Crippen molar-refractivity contribution >= 4 is 29.4 Å². The van der Waals surface area contributed by atoms with E-state index in [4.69, 9.17) is 9.47 Å². The van der Waals surface area contributed by atoms with Crippen molar-refractivity contribution in [3.8, 4) is 5.75 Å². The Morgan fingerprint density at radius 1 is 0.867 bits per heavy atom. The van der Waals surface area contributed by atoms with Crippen molar-refractivity contribution in [1.29, 1.82) is 0 Å². The lowest BCUT2D eigenvalue weighted by molar-refractivity contribution is -0.146. The summed E-state index contributed by atoms with van der Waals surface area (Å²) in [5.41, 5.74) is 1.27. The predicted molar refractivity (Wildman–Crippen MR) is 109 cm³/mol. The highest BCUT2D eigenvalue weighted by Crippen LogP contribution is 2.12. The van der Waals surface area contributed by atoms with Crippen LogP contribution in [0.4, 0.5) is 5.69 Å². The molecule has 0 aromatic heterocycles. The zero-order chi connectivity index (χ0) is 21.9. The third kappa shape index (κ3) is 6.93. The van der Waals surface area contributed by atoms with Crippen LogP contribution in [0, 0.1) is 0 Å². The number of ether oxygens (including phenoxy) is 2. The maximum atomic E-state index is 12.0. The first-order valence-corrected chi connectivity index (χ1v) is 9.21. The van der Waals surface area contributed by atoms with E-state index in [0.29, 0.717) is 29.2 Å². The molecule has 0 unspecified atom stereocenters. The van der Waals surface area contributed by atoms with E-state index < -0.39 is 24.4 Å². The first-order chi connectivity index (χ1) is 14.4. The average Bonchev–Trinajstić information content (AvgIpc) is 2.76. The van der Waals surface area contributed by atoms with E-state index in [1.165, 1.54) is 7.05 Å². The van der Waals surface area contributed by atoms with Crippen molar-refractivity contribution in [2.45, 2.75) is 6.92 Å². The summed E-state index contributed by atoms with van der Waals surface area (Å²) in [6, 6.07) is 12.7. The normalized spacial score (nSPS) is 9.93. The fourth-order valence-electron chi connectivity index (χ4n) is 2.37. The van der Waals surface area contributed by atoms with Crippen LogP contribution < -0.4 is 20.7 Å². The molecule has 0 aliphatic heterocycles. The van der Waals surface area contributed by atoms with E-state index in [9.17, 15) is 19.2 Å². The van der Waals surface area contributed by atoms with Crippen LogP contribution in [-0.4, -0.2) is 50.5 Å². The molecule has 0 saturated carbocycles. The molecular weight excluding hydrogens is 390 g/mol. The van der Waals surface area contributed by atoms with Crippen LogP contribution in [0.15, 0.2) is 48.5 Å². The summed E-state index contributed by atoms with van der Waals surface area (Å²) in [6.45, 7) is 1.50. The van der Waals surface area contributed by atoms with Crippen molar-refractivity contribution in [1.82, 2.24) is 10.6 Å². The molecule has 2 aromatic carbocycles. The summed E-state index contributed by atoms with van der Waals surface area (Å²) < 4.78 is 10.1. The molecular formula is C21H23N3O6. The summed E-state index contributed by atoms with van der Waals surface area (Å²) in [6.07, 6.45) is 0. The van der Waals surface area contributed by atoms with Gasteiger partial charge in [0.1, 0.15) is 12.3 Å². The molecule has 2 aromatic rings. The van der Waals surface area contributed by atoms with Crippen LogP contribution in [0.1, 0.15) is 27.6 Å². The highest BCUT2D eigenvalue weighted by molar-refractivity contribution is 5.97. The molecule has 2 rings (SSSR count). The quantitative estimate of drug-likeness (QED) is 0.534. The third-order valence-corrected chi connectivity index (χ3v) is 3.84. The second kappa shape index (κ2) is 11.2. The molecule has 0 heterocycles. The number of amides is 3. The minimum Gasteiger partial charge on any atom is -0.494 e. The zero-order valence-electron chi connectivity index (χ0n) is 16.7. The van der Waals surface area contributed by atoms with Crippen LogP contribution >= 0.6 is 0 Å². The highest BCUT2D eigenvalue weighted by atomic mass is 16.5. The van der Waals surface area contributed by atoms with Gasteiger partial charge in [0.15, 0.2) is 6.61 Å². The van der Waals surface area contributed by atoms with Crippen LogP contribution in [0.3, 0.4) is 0 Å². The molecule has 0 saturated heterocycles. The molecule has 0 fully saturated rings. The Morgan fingerprint density at radius 3 is 2.07 bits per heavy atom. The van der Waals surface area contributed by atoms with Crippen molar-refractivity contribution in [3.63, 3.8) is 0 Å². The summed E-state index contributed by atoms with van der Waals surface area (Å²) in [5.74, 6) is -1.35. The lowest BCUT2D eigenvalue weighted by Gasteiger charge is -2.08. The monoisotopic (exact) mass is 413 g/mol. The van der Waals surface area contributed by atoms with Gasteiger partial charge < -0.3 is 25.4 Å². The van der Waals surface area contributed by atoms with Gasteiger partial charge in [-0.2, -0.15) is 0 Å². The van der Waals surface area contributed by atoms with E-state index in [1.807, 2.05) is 6.92 Å². The van der Waals surface area contributed by atoms with E-state index in [-0.39, 0.29) is 12.5 Å². The Morgan fingerprint density at radius 2 is 1.47 bits per heavy atom. The molecule has 3 N–H and O–H groups in total. The molecule has 0 aliphatic rings. The van der Waals surface area contributed by atoms with Crippen molar-refractivity contribution < 1.29 is 28.7 Å². The van der Waals surface area contributed by atoms with Crippen molar-refractivity contribution in [2.75, 3.05) is 32.1 Å². The maximum absolute atomic E-state index is 12.0. The first kappa shape index (κ1) is 22.4. The predicted octanol–water partition coefficient (Wildman–Crippen LogP) is 1.36. The molecule has 9 heteroatoms. The number of hydrogen-bond acceptors (Lipinski definition) is 6. The summed E-state index contributed by atoms with van der Waals surface area (Å²) in [5, 5.41) is 7.46. The first-order valence-electron chi connectivity index (χ1n) is 9.21. The molecule has 0 aliphatic carbocycles. The number of nitrogens with one attached hydrogen (secondary N) is 3. The number of hydrogen-bond donors (Lipinski definition) is 3. The maximum Gasteiger partial charge on any atom is 0.325 e. The minimum absolute atomic E-state index is 0.242.